The van der Waals surface area contributed by atoms with Gasteiger partial charge in [0.05, 0.1) is 5.69 Å². The van der Waals surface area contributed by atoms with E-state index in [2.05, 4.69) is 19.9 Å². The number of anilines is 1. The van der Waals surface area contributed by atoms with Gasteiger partial charge in [-0.3, -0.25) is 4.79 Å². The van der Waals surface area contributed by atoms with Crippen molar-refractivity contribution in [3.8, 4) is 11.5 Å². The van der Waals surface area contributed by atoms with Gasteiger partial charge in [0.25, 0.3) is 5.91 Å². The van der Waals surface area contributed by atoms with Crippen molar-refractivity contribution in [1.82, 2.24) is 0 Å². The molecule has 2 aliphatic heterocycles. The van der Waals surface area contributed by atoms with Crippen LogP contribution in [0.2, 0.25) is 0 Å². The summed E-state index contributed by atoms with van der Waals surface area (Å²) in [6, 6.07) is 2.61. The molecule has 1 amide bonds. The quantitative estimate of drug-likeness (QED) is 0.859. The van der Waals surface area contributed by atoms with Crippen LogP contribution < -0.4 is 14.8 Å². The number of hydrogen-bond acceptors (Lipinski definition) is 5. The van der Waals surface area contributed by atoms with E-state index in [9.17, 15) is 13.6 Å². The van der Waals surface area contributed by atoms with Crippen LogP contribution in [0, 0.1) is 5.92 Å². The highest BCUT2D eigenvalue weighted by Crippen LogP contribution is 2.45. The Bertz CT molecular complexity index is 714. The number of nitrogens with zero attached hydrogens (tertiary/aromatic N) is 1. The Morgan fingerprint density at radius 2 is 1.92 bits per heavy atom. The summed E-state index contributed by atoms with van der Waals surface area (Å²) in [7, 11) is 0. The molecule has 4 rings (SSSR count). The van der Waals surface area contributed by atoms with Crippen LogP contribution in [0.3, 0.4) is 0 Å². The lowest BCUT2D eigenvalue weighted by Crippen LogP contribution is -2.26. The Labute approximate surface area is 136 Å². The van der Waals surface area contributed by atoms with Gasteiger partial charge in [-0.05, 0) is 24.8 Å². The highest BCUT2D eigenvalue weighted by atomic mass is 19.3. The molecule has 0 aromatic heterocycles. The first-order valence-electron chi connectivity index (χ1n) is 7.97. The van der Waals surface area contributed by atoms with Crippen LogP contribution in [0.5, 0.6) is 11.5 Å². The number of carbonyl (C=O) groups excluding carboxylic acids is 1. The van der Waals surface area contributed by atoms with E-state index >= 15 is 0 Å². The lowest BCUT2D eigenvalue weighted by Gasteiger charge is -2.19. The lowest BCUT2D eigenvalue weighted by atomic mass is 9.90. The molecule has 0 unspecified atom stereocenters. The third kappa shape index (κ3) is 2.76. The minimum atomic E-state index is -3.70. The normalized spacial score (nSPS) is 23.2. The number of fused-ring (bicyclic) bond motifs is 2. The first-order chi connectivity index (χ1) is 11.5. The highest BCUT2D eigenvalue weighted by molar-refractivity contribution is 6.53. The van der Waals surface area contributed by atoms with Gasteiger partial charge in [0, 0.05) is 11.6 Å². The molecule has 1 aromatic rings. The molecule has 24 heavy (non-hydrogen) atoms. The summed E-state index contributed by atoms with van der Waals surface area (Å²) < 4.78 is 35.0. The fraction of sp³-hybridized carbons (Fsp3) is 0.500. The summed E-state index contributed by atoms with van der Waals surface area (Å²) in [4.78, 5) is 17.4. The summed E-state index contributed by atoms with van der Waals surface area (Å²) in [5, 5.41) is 6.49. The molecular formula is C16H16F2N2O4. The van der Waals surface area contributed by atoms with Crippen molar-refractivity contribution in [2.45, 2.75) is 38.4 Å². The number of hydrogen-bond donors (Lipinski definition) is 1. The second kappa shape index (κ2) is 5.61. The molecule has 8 heteroatoms. The molecule has 1 aliphatic carbocycles. The van der Waals surface area contributed by atoms with Crippen molar-refractivity contribution in [3.05, 3.63) is 17.7 Å². The van der Waals surface area contributed by atoms with Gasteiger partial charge < -0.3 is 19.6 Å². The minimum Gasteiger partial charge on any atom is -0.395 e. The van der Waals surface area contributed by atoms with Gasteiger partial charge in [-0.2, -0.15) is 0 Å². The summed E-state index contributed by atoms with van der Waals surface area (Å²) in [5.41, 5.74) is 0.770. The molecule has 1 N–H and O–H groups in total. The Balaban J connectivity index is 1.52. The summed E-state index contributed by atoms with van der Waals surface area (Å²) in [5.74, 6) is -0.245. The molecule has 2 heterocycles. The van der Waals surface area contributed by atoms with Crippen LogP contribution in [-0.2, 0) is 9.63 Å². The van der Waals surface area contributed by atoms with Crippen LogP contribution in [0.4, 0.5) is 14.5 Å². The van der Waals surface area contributed by atoms with Gasteiger partial charge >= 0.3 is 6.29 Å². The zero-order valence-corrected chi connectivity index (χ0v) is 12.8. The molecule has 0 radical (unpaired) electrons. The van der Waals surface area contributed by atoms with Crippen LogP contribution in [0.1, 0.15) is 37.7 Å². The second-order valence-corrected chi connectivity index (χ2v) is 6.21. The summed E-state index contributed by atoms with van der Waals surface area (Å²) in [6.07, 6.45) is 2.12. The van der Waals surface area contributed by atoms with E-state index in [-0.39, 0.29) is 17.2 Å². The lowest BCUT2D eigenvalue weighted by molar-refractivity contribution is -0.286. The molecule has 0 spiro atoms. The standard InChI is InChI=1S/C16H16F2N2O4/c17-16(18)23-12-6-10-11(7-13(12)24-16)19-15(21)14(10)20-22-8-9-4-2-1-3-5-9/h6-7,9H,1-5,8H2,(H,19,20,21). The molecule has 1 saturated carbocycles. The number of alkyl halides is 2. The van der Waals surface area contributed by atoms with Gasteiger partial charge in [-0.1, -0.05) is 24.4 Å². The van der Waals surface area contributed by atoms with Gasteiger partial charge in [-0.25, -0.2) is 0 Å². The Morgan fingerprint density at radius 1 is 1.21 bits per heavy atom. The van der Waals surface area contributed by atoms with Crippen molar-refractivity contribution in [3.63, 3.8) is 0 Å². The van der Waals surface area contributed by atoms with Crippen LogP contribution in [-0.4, -0.2) is 24.5 Å². The molecule has 128 valence electrons. The predicted octanol–water partition coefficient (Wildman–Crippen LogP) is 3.26. The number of amides is 1. The third-order valence-corrected chi connectivity index (χ3v) is 4.45. The molecule has 0 bridgehead atoms. The van der Waals surface area contributed by atoms with E-state index < -0.39 is 12.2 Å². The Hall–Kier alpha value is -2.38. The van der Waals surface area contributed by atoms with Crippen LogP contribution in [0.15, 0.2) is 17.3 Å². The fourth-order valence-corrected chi connectivity index (χ4v) is 3.25. The zero-order chi connectivity index (χ0) is 16.7. The van der Waals surface area contributed by atoms with Gasteiger partial charge in [0.2, 0.25) is 0 Å². The minimum absolute atomic E-state index is 0.0578. The van der Waals surface area contributed by atoms with Crippen LogP contribution in [0.25, 0.3) is 0 Å². The summed E-state index contributed by atoms with van der Waals surface area (Å²) >= 11 is 0. The monoisotopic (exact) mass is 338 g/mol. The van der Waals surface area contributed by atoms with E-state index in [1.54, 1.807) is 0 Å². The van der Waals surface area contributed by atoms with Gasteiger partial charge in [0.1, 0.15) is 6.61 Å². The van der Waals surface area contributed by atoms with Gasteiger partial charge in [-0.15, -0.1) is 8.78 Å². The second-order valence-electron chi connectivity index (χ2n) is 6.21. The number of nitrogens with one attached hydrogen (secondary N) is 1. The van der Waals surface area contributed by atoms with Crippen molar-refractivity contribution >= 4 is 17.3 Å². The number of oxime groups is 1. The number of halogens is 2. The van der Waals surface area contributed by atoms with E-state index in [4.69, 9.17) is 4.84 Å². The molecule has 6 nitrogen and oxygen atoms in total. The number of benzene rings is 1. The molecule has 0 saturated heterocycles. The van der Waals surface area contributed by atoms with Gasteiger partial charge in [0.15, 0.2) is 17.2 Å². The average Bonchev–Trinajstić information content (AvgIpc) is 3.00. The largest absolute Gasteiger partial charge is 0.586 e. The molecular weight excluding hydrogens is 322 g/mol. The number of rotatable bonds is 3. The number of ether oxygens (including phenoxy) is 2. The van der Waals surface area contributed by atoms with Crippen molar-refractivity contribution in [2.24, 2.45) is 11.1 Å². The molecule has 1 fully saturated rings. The molecule has 3 aliphatic rings. The predicted molar refractivity (Wildman–Crippen MR) is 80.3 cm³/mol. The Kier molecular flexibility index (Phi) is 3.54. The molecule has 1 aromatic carbocycles. The van der Waals surface area contributed by atoms with E-state index in [0.717, 1.165) is 12.8 Å². The van der Waals surface area contributed by atoms with Crippen molar-refractivity contribution < 1.29 is 27.9 Å². The molecule has 0 atom stereocenters. The Morgan fingerprint density at radius 3 is 2.67 bits per heavy atom. The first-order valence-corrected chi connectivity index (χ1v) is 7.97. The highest BCUT2D eigenvalue weighted by Gasteiger charge is 2.45. The van der Waals surface area contributed by atoms with E-state index in [0.29, 0.717) is 23.8 Å². The smallest absolute Gasteiger partial charge is 0.395 e. The van der Waals surface area contributed by atoms with E-state index in [1.807, 2.05) is 0 Å². The van der Waals surface area contributed by atoms with Crippen molar-refractivity contribution in [1.29, 1.82) is 0 Å². The SMILES string of the molecule is O=C1Nc2cc3c(cc2/C1=N/OCC1CCCCC1)OC(F)(F)O3. The zero-order valence-electron chi connectivity index (χ0n) is 12.8. The first kappa shape index (κ1) is 15.2. The van der Waals surface area contributed by atoms with Crippen LogP contribution >= 0.6 is 0 Å². The maximum absolute atomic E-state index is 13.1. The van der Waals surface area contributed by atoms with Crippen molar-refractivity contribution in [2.75, 3.05) is 11.9 Å². The van der Waals surface area contributed by atoms with E-state index in [1.165, 1.54) is 31.4 Å². The number of carbonyl (C=O) groups is 1. The summed E-state index contributed by atoms with van der Waals surface area (Å²) in [6.45, 7) is 0.453. The maximum atomic E-state index is 13.1. The fourth-order valence-electron chi connectivity index (χ4n) is 3.25. The average molecular weight is 338 g/mol. The maximum Gasteiger partial charge on any atom is 0.586 e. The third-order valence-electron chi connectivity index (χ3n) is 4.45. The topological polar surface area (TPSA) is 69.2 Å².